The summed E-state index contributed by atoms with van der Waals surface area (Å²) in [4.78, 5) is 42.0. The Morgan fingerprint density at radius 3 is 1.04 bits per heavy atom. The third-order valence-electron chi connectivity index (χ3n) is 2.12. The van der Waals surface area contributed by atoms with Crippen LogP contribution >= 0.6 is 0 Å². The lowest BCUT2D eigenvalue weighted by atomic mass is 10.1. The van der Waals surface area contributed by atoms with E-state index in [1.807, 2.05) is 24.8 Å². The highest BCUT2D eigenvalue weighted by Gasteiger charge is 1.97. The Morgan fingerprint density at radius 1 is 0.667 bits per heavy atom. The number of carbonyl (C=O) groups excluding carboxylic acids is 2. The number of carboxylic acid groups (broad SMARTS) is 4. The fourth-order valence-electron chi connectivity index (χ4n) is 1.16. The second-order valence-corrected chi connectivity index (χ2v) is 3.76. The molecule has 0 amide bonds. The van der Waals surface area contributed by atoms with E-state index in [2.05, 4.69) is 34.2 Å². The van der Waals surface area contributed by atoms with E-state index in [-0.39, 0.29) is 0 Å². The van der Waals surface area contributed by atoms with E-state index in [0.29, 0.717) is 0 Å². The molecule has 4 N–H and O–H groups in total. The van der Waals surface area contributed by atoms with Crippen molar-refractivity contribution in [3.8, 4) is 11.1 Å². The van der Waals surface area contributed by atoms with Gasteiger partial charge >= 0.3 is 11.9 Å². The Balaban J connectivity index is 0.000000377. The highest BCUT2D eigenvalue weighted by molar-refractivity contribution is 6.26. The van der Waals surface area contributed by atoms with E-state index in [4.69, 9.17) is 39.6 Å². The highest BCUT2D eigenvalue weighted by atomic mass is 16.4. The van der Waals surface area contributed by atoms with Crippen molar-refractivity contribution in [3.63, 3.8) is 0 Å². The van der Waals surface area contributed by atoms with Gasteiger partial charge in [0.1, 0.15) is 0 Å². The zero-order valence-electron chi connectivity index (χ0n) is 12.0. The molecule has 2 aromatic rings. The molecule has 2 heterocycles. The van der Waals surface area contributed by atoms with Crippen molar-refractivity contribution in [2.45, 2.75) is 0 Å². The molecule has 0 unspecified atom stereocenters. The maximum absolute atomic E-state index is 9.04. The van der Waals surface area contributed by atoms with E-state index in [0.717, 1.165) is 0 Å². The van der Waals surface area contributed by atoms with Gasteiger partial charge < -0.3 is 30.0 Å². The van der Waals surface area contributed by atoms with Gasteiger partial charge in [-0.25, -0.2) is 19.6 Å². The normalized spacial score (nSPS) is 8.50. The molecule has 2 aromatic heterocycles. The summed E-state index contributed by atoms with van der Waals surface area (Å²) < 4.78 is 0. The smallest absolute Gasteiger partial charge is 0.351 e. The summed E-state index contributed by atoms with van der Waals surface area (Å²) in [7, 11) is 0. The zero-order valence-corrected chi connectivity index (χ0v) is 12.0. The van der Waals surface area contributed by atoms with Gasteiger partial charge in [-0.2, -0.15) is 0 Å². The van der Waals surface area contributed by atoms with Crippen molar-refractivity contribution >= 4 is 23.9 Å². The first-order valence-corrected chi connectivity index (χ1v) is 6.06. The number of aromatic amines is 2. The average molecular weight is 336 g/mol. The molecule has 0 aliphatic carbocycles. The number of aromatic nitrogens is 2. The third-order valence-corrected chi connectivity index (χ3v) is 2.12. The van der Waals surface area contributed by atoms with Crippen LogP contribution in [0, 0.1) is 0 Å². The van der Waals surface area contributed by atoms with Crippen LogP contribution in [0.4, 0.5) is 0 Å². The Hall–Kier alpha value is -3.82. The number of hydrogen-bond acceptors (Lipinski definition) is 6. The Bertz CT molecular complexity index is 603. The Kier molecular flexibility index (Phi) is 9.12. The Labute approximate surface area is 134 Å². The first kappa shape index (κ1) is 20.2. The molecule has 0 saturated carbocycles. The van der Waals surface area contributed by atoms with Crippen LogP contribution < -0.4 is 20.2 Å². The van der Waals surface area contributed by atoms with Gasteiger partial charge in [0, 0.05) is 24.3 Å². The number of hydrogen-bond donors (Lipinski definition) is 2. The van der Waals surface area contributed by atoms with Gasteiger partial charge in [-0.1, -0.05) is 0 Å². The van der Waals surface area contributed by atoms with E-state index in [1.54, 1.807) is 0 Å². The summed E-state index contributed by atoms with van der Waals surface area (Å²) in [6.45, 7) is 0. The lowest BCUT2D eigenvalue weighted by Gasteiger charge is -1.93. The van der Waals surface area contributed by atoms with Crippen molar-refractivity contribution < 1.29 is 49.6 Å². The SMILES string of the molecule is O=C([O-])C(=O)O.O=C([O-])C(=O)O.c1cc(-c2cc[nH+]cc2)cc[nH+]1. The topological polar surface area (TPSA) is 183 Å². The molecule has 10 nitrogen and oxygen atoms in total. The van der Waals surface area contributed by atoms with Gasteiger partial charge in [0.15, 0.2) is 36.7 Å². The molecule has 10 heteroatoms. The van der Waals surface area contributed by atoms with Crippen molar-refractivity contribution in [1.82, 2.24) is 0 Å². The highest BCUT2D eigenvalue weighted by Crippen LogP contribution is 2.14. The van der Waals surface area contributed by atoms with E-state index in [9.17, 15) is 0 Å². The molecule has 0 fully saturated rings. The molecule has 2 rings (SSSR count). The maximum Gasteiger partial charge on any atom is 0.351 e. The molecular weight excluding hydrogens is 324 g/mol. The molecule has 0 atom stereocenters. The van der Waals surface area contributed by atoms with Crippen LogP contribution in [-0.2, 0) is 19.2 Å². The van der Waals surface area contributed by atoms with Crippen LogP contribution in [0.5, 0.6) is 0 Å². The second kappa shape index (κ2) is 10.8. The van der Waals surface area contributed by atoms with Crippen molar-refractivity contribution in [2.24, 2.45) is 0 Å². The van der Waals surface area contributed by atoms with E-state index >= 15 is 0 Å². The lowest BCUT2D eigenvalue weighted by molar-refractivity contribution is -0.378. The number of pyridine rings is 2. The van der Waals surface area contributed by atoms with Crippen LogP contribution in [0.2, 0.25) is 0 Å². The van der Waals surface area contributed by atoms with Crippen molar-refractivity contribution in [2.75, 3.05) is 0 Å². The van der Waals surface area contributed by atoms with Gasteiger partial charge in [-0.15, -0.1) is 0 Å². The number of nitrogens with one attached hydrogen (secondary N) is 2. The second-order valence-electron chi connectivity index (χ2n) is 3.76. The standard InChI is InChI=1S/C10H8N2.2C2H2O4/c1-5-11-6-2-9(1)10-3-7-12-8-4-10;2*3-1(4)2(5)6/h1-8H;2*(H,3,4)(H,5,6). The summed E-state index contributed by atoms with van der Waals surface area (Å²) in [5.74, 6) is -8.02. The van der Waals surface area contributed by atoms with Crippen molar-refractivity contribution in [3.05, 3.63) is 49.1 Å². The molecule has 0 aliphatic rings. The van der Waals surface area contributed by atoms with Crippen LogP contribution in [-0.4, -0.2) is 34.1 Å². The fraction of sp³-hybridized carbons (Fsp3) is 0. The summed E-state index contributed by atoms with van der Waals surface area (Å²) in [6.07, 6.45) is 7.69. The van der Waals surface area contributed by atoms with Crippen molar-refractivity contribution in [1.29, 1.82) is 0 Å². The molecule has 0 bridgehead atoms. The molecule has 0 aromatic carbocycles. The average Bonchev–Trinajstić information content (AvgIpc) is 2.57. The first-order valence-electron chi connectivity index (χ1n) is 6.06. The molecule has 0 saturated heterocycles. The fourth-order valence-corrected chi connectivity index (χ4v) is 1.16. The zero-order chi connectivity index (χ0) is 18.5. The van der Waals surface area contributed by atoms with Crippen LogP contribution in [0.25, 0.3) is 11.1 Å². The first-order chi connectivity index (χ1) is 11.3. The van der Waals surface area contributed by atoms with Gasteiger partial charge in [-0.3, -0.25) is 0 Å². The third kappa shape index (κ3) is 9.18. The van der Waals surface area contributed by atoms with E-state index in [1.165, 1.54) is 11.1 Å². The summed E-state index contributed by atoms with van der Waals surface area (Å²) >= 11 is 0. The molecule has 0 radical (unpaired) electrons. The van der Waals surface area contributed by atoms with Gasteiger partial charge in [0.2, 0.25) is 0 Å². The monoisotopic (exact) mass is 336 g/mol. The molecule has 0 spiro atoms. The number of carbonyl (C=O) groups is 4. The van der Waals surface area contributed by atoms with Gasteiger partial charge in [0.25, 0.3) is 0 Å². The summed E-state index contributed by atoms with van der Waals surface area (Å²) in [6, 6.07) is 8.20. The van der Waals surface area contributed by atoms with Crippen LogP contribution in [0.3, 0.4) is 0 Å². The number of carboxylic acids is 4. The predicted molar refractivity (Wildman–Crippen MR) is 70.3 cm³/mol. The van der Waals surface area contributed by atoms with Crippen LogP contribution in [0.15, 0.2) is 49.1 Å². The van der Waals surface area contributed by atoms with E-state index < -0.39 is 23.9 Å². The van der Waals surface area contributed by atoms with Gasteiger partial charge in [-0.05, 0) is 11.1 Å². The minimum atomic E-state index is -2.07. The molecular formula is C14H12N2O8. The summed E-state index contributed by atoms with van der Waals surface area (Å²) in [5, 5.41) is 32.6. The summed E-state index contributed by atoms with van der Waals surface area (Å²) in [5.41, 5.74) is 2.45. The van der Waals surface area contributed by atoms with Crippen LogP contribution in [0.1, 0.15) is 0 Å². The Morgan fingerprint density at radius 2 is 0.875 bits per heavy atom. The van der Waals surface area contributed by atoms with Gasteiger partial charge in [0.05, 0.1) is 0 Å². The molecule has 24 heavy (non-hydrogen) atoms. The minimum absolute atomic E-state index is 1.22. The number of aliphatic carboxylic acids is 4. The lowest BCUT2D eigenvalue weighted by Crippen LogP contribution is -2.30. The predicted octanol–water partition coefficient (Wildman–Crippen LogP) is -3.38. The number of rotatable bonds is 1. The number of H-pyrrole nitrogens is 2. The maximum atomic E-state index is 9.04. The molecule has 126 valence electrons. The largest absolute Gasteiger partial charge is 0.539 e. The molecule has 0 aliphatic heterocycles. The quantitative estimate of drug-likeness (QED) is 0.505. The minimum Gasteiger partial charge on any atom is -0.539 e.